The molecule has 0 atom stereocenters. The highest BCUT2D eigenvalue weighted by Crippen LogP contribution is 2.69. The number of carbonyl (C=O) groups is 3. The molecule has 0 bridgehead atoms. The zero-order chi connectivity index (χ0) is 24.0. The summed E-state index contributed by atoms with van der Waals surface area (Å²) in [6, 6.07) is 5.24. The fraction of sp³-hybridized carbons (Fsp3) is 0.500. The quantitative estimate of drug-likeness (QED) is 0.287. The van der Waals surface area contributed by atoms with Crippen LogP contribution in [0.25, 0.3) is 10.9 Å². The van der Waals surface area contributed by atoms with Gasteiger partial charge in [0.1, 0.15) is 5.75 Å². The molecule has 33 heavy (non-hydrogen) atoms. The van der Waals surface area contributed by atoms with Gasteiger partial charge in [0.25, 0.3) is 0 Å². The number of aliphatic carboxylic acids is 1. The average Bonchev–Trinajstić information content (AvgIpc) is 3.00. The predicted molar refractivity (Wildman–Crippen MR) is 123 cm³/mol. The molecule has 7 heteroatoms. The van der Waals surface area contributed by atoms with Crippen molar-refractivity contribution < 1.29 is 29.0 Å². The lowest BCUT2D eigenvalue weighted by Crippen LogP contribution is -2.20. The first-order chi connectivity index (χ1) is 15.5. The van der Waals surface area contributed by atoms with E-state index in [-0.39, 0.29) is 28.3 Å². The normalized spacial score (nSPS) is 20.2. The van der Waals surface area contributed by atoms with Crippen LogP contribution in [0.5, 0.6) is 5.75 Å². The number of carboxylic acids is 1. The first-order valence-corrected chi connectivity index (χ1v) is 11.4. The molecule has 0 unspecified atom stereocenters. The summed E-state index contributed by atoms with van der Waals surface area (Å²) in [4.78, 5) is 36.3. The second-order valence-electron chi connectivity index (χ2n) is 10.3. The second-order valence-corrected chi connectivity index (χ2v) is 10.3. The minimum atomic E-state index is -1.23. The molecule has 1 aromatic heterocycles. The van der Waals surface area contributed by atoms with Crippen molar-refractivity contribution in [3.05, 3.63) is 42.1 Å². The van der Waals surface area contributed by atoms with Crippen LogP contribution in [0.3, 0.4) is 0 Å². The molecule has 1 N–H and O–H groups in total. The third-order valence-electron chi connectivity index (χ3n) is 7.78. The molecule has 7 nitrogen and oxygen atoms in total. The lowest BCUT2D eigenvalue weighted by atomic mass is 10.0. The van der Waals surface area contributed by atoms with Crippen LogP contribution in [0, 0.1) is 22.7 Å². The molecule has 1 aliphatic carbocycles. The second kappa shape index (κ2) is 8.45. The minimum absolute atomic E-state index is 0.0863. The summed E-state index contributed by atoms with van der Waals surface area (Å²) in [5, 5.41) is 9.45. The Balaban J connectivity index is 1.70. The molecule has 1 aromatic carbocycles. The van der Waals surface area contributed by atoms with Crippen molar-refractivity contribution in [2.75, 3.05) is 13.2 Å². The fourth-order valence-electron chi connectivity index (χ4n) is 5.19. The molecule has 2 heterocycles. The van der Waals surface area contributed by atoms with Gasteiger partial charge in [-0.15, -0.1) is 0 Å². The van der Waals surface area contributed by atoms with E-state index in [9.17, 15) is 14.4 Å². The van der Waals surface area contributed by atoms with Crippen LogP contribution < -0.4 is 4.74 Å². The molecule has 1 saturated heterocycles. The Morgan fingerprint density at radius 3 is 2.39 bits per heavy atom. The number of hydrogen-bond acceptors (Lipinski definition) is 5. The molecule has 1 aliphatic heterocycles. The van der Waals surface area contributed by atoms with E-state index < -0.39 is 11.9 Å². The number of Topliss-reactive ketones (excluding diaryl/α,β-unsaturated/α-hetero) is 1. The van der Waals surface area contributed by atoms with Crippen LogP contribution in [0.15, 0.2) is 36.5 Å². The fourth-order valence-corrected chi connectivity index (χ4v) is 5.19. The minimum Gasteiger partial charge on any atom is -0.478 e. The van der Waals surface area contributed by atoms with Crippen LogP contribution in [0.1, 0.15) is 50.9 Å². The van der Waals surface area contributed by atoms with Gasteiger partial charge in [-0.05, 0) is 47.8 Å². The van der Waals surface area contributed by atoms with E-state index in [0.29, 0.717) is 11.5 Å². The topological polar surface area (TPSA) is 94.8 Å². The molecule has 176 valence electrons. The van der Waals surface area contributed by atoms with Gasteiger partial charge in [0.2, 0.25) is 0 Å². The Hall–Kier alpha value is -2.93. The van der Waals surface area contributed by atoms with Gasteiger partial charge in [-0.3, -0.25) is 4.79 Å². The first kappa shape index (κ1) is 23.2. The summed E-state index contributed by atoms with van der Waals surface area (Å²) < 4.78 is 12.9. The molecular weight excluding hydrogens is 422 g/mol. The van der Waals surface area contributed by atoms with Crippen molar-refractivity contribution >= 4 is 28.6 Å². The van der Waals surface area contributed by atoms with Crippen molar-refractivity contribution in [1.29, 1.82) is 0 Å². The standard InChI is InChI=1S/C26H31NO6/c1-25(2)24(26(25,3)4)23(31)19-15-27(14-16-9-11-32-12-10-16)20-6-5-17(13-18(19)20)33-22(30)8-7-21(28)29/h5-8,13,15-16,24H,9-12,14H2,1-4H3,(H,28,29). The zero-order valence-corrected chi connectivity index (χ0v) is 19.6. The molecule has 2 fully saturated rings. The van der Waals surface area contributed by atoms with Gasteiger partial charge >= 0.3 is 11.9 Å². The third kappa shape index (κ3) is 4.34. The summed E-state index contributed by atoms with van der Waals surface area (Å²) in [6.07, 6.45) is 5.51. The highest BCUT2D eigenvalue weighted by molar-refractivity contribution is 6.11. The number of fused-ring (bicyclic) bond motifs is 1. The maximum Gasteiger partial charge on any atom is 0.336 e. The number of carboxylic acid groups (broad SMARTS) is 1. The van der Waals surface area contributed by atoms with Gasteiger partial charge < -0.3 is 19.1 Å². The van der Waals surface area contributed by atoms with Crippen LogP contribution in [0.2, 0.25) is 0 Å². The van der Waals surface area contributed by atoms with E-state index in [0.717, 1.165) is 55.7 Å². The van der Waals surface area contributed by atoms with Gasteiger partial charge in [0.05, 0.1) is 0 Å². The van der Waals surface area contributed by atoms with Gasteiger partial charge in [-0.25, -0.2) is 9.59 Å². The highest BCUT2D eigenvalue weighted by Gasteiger charge is 2.68. The zero-order valence-electron chi connectivity index (χ0n) is 19.6. The van der Waals surface area contributed by atoms with E-state index in [1.54, 1.807) is 12.1 Å². The lowest BCUT2D eigenvalue weighted by molar-refractivity contribution is -0.133. The number of rotatable bonds is 7. The Bertz CT molecular complexity index is 1120. The van der Waals surface area contributed by atoms with Crippen molar-refractivity contribution in [1.82, 2.24) is 4.57 Å². The monoisotopic (exact) mass is 453 g/mol. The number of ketones is 1. The molecule has 0 radical (unpaired) electrons. The first-order valence-electron chi connectivity index (χ1n) is 11.4. The summed E-state index contributed by atoms with van der Waals surface area (Å²) >= 11 is 0. The van der Waals surface area contributed by atoms with E-state index in [2.05, 4.69) is 32.3 Å². The number of aromatic nitrogens is 1. The molecule has 0 spiro atoms. The number of hydrogen-bond donors (Lipinski definition) is 1. The van der Waals surface area contributed by atoms with Crippen molar-refractivity contribution in [3.8, 4) is 5.75 Å². The number of benzene rings is 1. The molecule has 1 saturated carbocycles. The van der Waals surface area contributed by atoms with E-state index in [4.69, 9.17) is 14.6 Å². The average molecular weight is 454 g/mol. The number of nitrogens with zero attached hydrogens (tertiary/aromatic N) is 1. The van der Waals surface area contributed by atoms with Crippen LogP contribution in [0.4, 0.5) is 0 Å². The smallest absolute Gasteiger partial charge is 0.336 e. The summed E-state index contributed by atoms with van der Waals surface area (Å²) in [6.45, 7) is 10.8. The molecular formula is C26H31NO6. The van der Waals surface area contributed by atoms with Crippen molar-refractivity contribution in [2.45, 2.75) is 47.1 Å². The van der Waals surface area contributed by atoms with E-state index in [1.165, 1.54) is 0 Å². The molecule has 4 rings (SSSR count). The maximum absolute atomic E-state index is 13.7. The Labute approximate surface area is 193 Å². The third-order valence-corrected chi connectivity index (χ3v) is 7.78. The summed E-state index contributed by atoms with van der Waals surface area (Å²) in [7, 11) is 0. The SMILES string of the molecule is CC1(C)C(C(=O)c2cn(CC3CCOCC3)c3ccc(OC(=O)C=CC(=O)O)cc23)C1(C)C. The Morgan fingerprint density at radius 2 is 1.79 bits per heavy atom. The Kier molecular flexibility index (Phi) is 5.95. The van der Waals surface area contributed by atoms with Gasteiger partial charge in [0.15, 0.2) is 5.78 Å². The molecule has 2 aliphatic rings. The van der Waals surface area contributed by atoms with Crippen molar-refractivity contribution in [3.63, 3.8) is 0 Å². The van der Waals surface area contributed by atoms with Gasteiger partial charge in [0, 0.05) is 60.5 Å². The largest absolute Gasteiger partial charge is 0.478 e. The maximum atomic E-state index is 13.7. The number of carbonyl (C=O) groups excluding carboxylic acids is 2. The predicted octanol–water partition coefficient (Wildman–Crippen LogP) is 4.48. The van der Waals surface area contributed by atoms with Gasteiger partial charge in [-0.1, -0.05) is 27.7 Å². The highest BCUT2D eigenvalue weighted by atomic mass is 16.5. The molecule has 2 aromatic rings. The molecule has 0 amide bonds. The van der Waals surface area contributed by atoms with E-state index in [1.807, 2.05) is 12.3 Å². The summed E-state index contributed by atoms with van der Waals surface area (Å²) in [5.41, 5.74) is 1.37. The van der Waals surface area contributed by atoms with Gasteiger partial charge in [-0.2, -0.15) is 0 Å². The van der Waals surface area contributed by atoms with Crippen LogP contribution >= 0.6 is 0 Å². The lowest BCUT2D eigenvalue weighted by Gasteiger charge is -2.22. The summed E-state index contributed by atoms with van der Waals surface area (Å²) in [5.74, 6) is -1.24. The van der Waals surface area contributed by atoms with E-state index >= 15 is 0 Å². The van der Waals surface area contributed by atoms with Crippen LogP contribution in [-0.2, 0) is 20.9 Å². The van der Waals surface area contributed by atoms with Crippen molar-refractivity contribution in [2.24, 2.45) is 22.7 Å². The van der Waals surface area contributed by atoms with Crippen LogP contribution in [-0.4, -0.2) is 40.6 Å². The number of ether oxygens (including phenoxy) is 2. The Morgan fingerprint density at radius 1 is 1.12 bits per heavy atom. The number of esters is 1.